The van der Waals surface area contributed by atoms with Crippen LogP contribution in [0, 0.1) is 0 Å². The van der Waals surface area contributed by atoms with Crippen molar-refractivity contribution in [1.29, 1.82) is 0 Å². The van der Waals surface area contributed by atoms with Gasteiger partial charge in [0, 0.05) is 12.6 Å². The normalized spacial score (nSPS) is 18.9. The van der Waals surface area contributed by atoms with Crippen LogP contribution in [0.15, 0.2) is 0 Å². The first-order valence-corrected chi connectivity index (χ1v) is 6.98. The van der Waals surface area contributed by atoms with Crippen LogP contribution >= 0.6 is 0 Å². The lowest BCUT2D eigenvalue weighted by Crippen LogP contribution is -2.47. The predicted octanol–water partition coefficient (Wildman–Crippen LogP) is -0.179. The molecular formula is C13H24N4O3. The molecule has 1 rings (SSSR count). The molecule has 0 saturated carbocycles. The summed E-state index contributed by atoms with van der Waals surface area (Å²) in [7, 11) is 1.80. The Hall–Kier alpha value is -1.63. The lowest BCUT2D eigenvalue weighted by molar-refractivity contribution is -0.135. The Morgan fingerprint density at radius 2 is 1.95 bits per heavy atom. The molecule has 20 heavy (non-hydrogen) atoms. The number of carbonyl (C=O) groups excluding carboxylic acids is 3. The first-order valence-electron chi connectivity index (χ1n) is 6.98. The SMILES string of the molecule is CCC1(CC)NC(=O)N(CC(=O)NCC(C)NC)C1=O. The summed E-state index contributed by atoms with van der Waals surface area (Å²) in [5.41, 5.74) is -0.852. The molecule has 7 nitrogen and oxygen atoms in total. The average Bonchev–Trinajstić information content (AvgIpc) is 2.69. The van der Waals surface area contributed by atoms with Crippen molar-refractivity contribution >= 4 is 17.8 Å². The molecule has 0 aromatic carbocycles. The maximum Gasteiger partial charge on any atom is 0.325 e. The minimum Gasteiger partial charge on any atom is -0.353 e. The highest BCUT2D eigenvalue weighted by Gasteiger charge is 2.49. The molecule has 1 unspecified atom stereocenters. The smallest absolute Gasteiger partial charge is 0.325 e. The van der Waals surface area contributed by atoms with Gasteiger partial charge < -0.3 is 16.0 Å². The number of rotatable bonds is 7. The van der Waals surface area contributed by atoms with Gasteiger partial charge in [0.2, 0.25) is 5.91 Å². The highest BCUT2D eigenvalue weighted by Crippen LogP contribution is 2.24. The van der Waals surface area contributed by atoms with Crippen molar-refractivity contribution in [3.05, 3.63) is 0 Å². The van der Waals surface area contributed by atoms with Gasteiger partial charge in [-0.05, 0) is 26.8 Å². The van der Waals surface area contributed by atoms with Crippen LogP contribution in [0.5, 0.6) is 0 Å². The van der Waals surface area contributed by atoms with Crippen molar-refractivity contribution in [2.75, 3.05) is 20.1 Å². The summed E-state index contributed by atoms with van der Waals surface area (Å²) in [6.07, 6.45) is 1.03. The third-order valence-corrected chi connectivity index (χ3v) is 3.85. The average molecular weight is 284 g/mol. The summed E-state index contributed by atoms with van der Waals surface area (Å²) in [6, 6.07) is -0.358. The molecule has 0 spiro atoms. The number of carbonyl (C=O) groups is 3. The fourth-order valence-corrected chi connectivity index (χ4v) is 2.12. The zero-order valence-corrected chi connectivity index (χ0v) is 12.6. The summed E-state index contributed by atoms with van der Waals surface area (Å²) >= 11 is 0. The van der Waals surface area contributed by atoms with Crippen LogP contribution in [0.1, 0.15) is 33.6 Å². The van der Waals surface area contributed by atoms with Crippen LogP contribution in [0.25, 0.3) is 0 Å². The van der Waals surface area contributed by atoms with Gasteiger partial charge in [-0.15, -0.1) is 0 Å². The first kappa shape index (κ1) is 16.4. The summed E-state index contributed by atoms with van der Waals surface area (Å²) in [4.78, 5) is 36.9. The molecule has 1 aliphatic rings. The van der Waals surface area contributed by atoms with Crippen LogP contribution in [-0.4, -0.2) is 54.5 Å². The monoisotopic (exact) mass is 284 g/mol. The summed E-state index contributed by atoms with van der Waals surface area (Å²) in [6.45, 7) is 5.83. The van der Waals surface area contributed by atoms with Gasteiger partial charge in [-0.2, -0.15) is 0 Å². The fraction of sp³-hybridized carbons (Fsp3) is 0.769. The molecule has 0 aliphatic carbocycles. The summed E-state index contributed by atoms with van der Waals surface area (Å²) < 4.78 is 0. The number of amides is 4. The van der Waals surface area contributed by atoms with Crippen molar-refractivity contribution in [3.63, 3.8) is 0 Å². The molecule has 1 aliphatic heterocycles. The van der Waals surface area contributed by atoms with E-state index in [1.165, 1.54) is 0 Å². The maximum atomic E-state index is 12.3. The van der Waals surface area contributed by atoms with E-state index in [9.17, 15) is 14.4 Å². The maximum absolute atomic E-state index is 12.3. The molecule has 1 fully saturated rings. The fourth-order valence-electron chi connectivity index (χ4n) is 2.12. The van der Waals surface area contributed by atoms with E-state index in [0.717, 1.165) is 4.90 Å². The third-order valence-electron chi connectivity index (χ3n) is 3.85. The summed E-state index contributed by atoms with van der Waals surface area (Å²) in [5, 5.41) is 8.37. The van der Waals surface area contributed by atoms with E-state index in [2.05, 4.69) is 16.0 Å². The molecule has 0 bridgehead atoms. The van der Waals surface area contributed by atoms with E-state index in [-0.39, 0.29) is 24.4 Å². The molecule has 3 N–H and O–H groups in total. The number of urea groups is 1. The van der Waals surface area contributed by atoms with Gasteiger partial charge >= 0.3 is 6.03 Å². The molecule has 7 heteroatoms. The minimum atomic E-state index is -0.852. The summed E-state index contributed by atoms with van der Waals surface area (Å²) in [5.74, 6) is -0.650. The Balaban J connectivity index is 2.62. The van der Waals surface area contributed by atoms with E-state index in [1.54, 1.807) is 7.05 Å². The van der Waals surface area contributed by atoms with Crippen molar-refractivity contribution in [2.45, 2.75) is 45.2 Å². The van der Waals surface area contributed by atoms with Gasteiger partial charge in [0.25, 0.3) is 5.91 Å². The molecule has 1 saturated heterocycles. The molecule has 1 atom stereocenters. The Morgan fingerprint density at radius 1 is 1.35 bits per heavy atom. The number of likely N-dealkylation sites (N-methyl/N-ethyl adjacent to an activating group) is 1. The van der Waals surface area contributed by atoms with Crippen molar-refractivity contribution < 1.29 is 14.4 Å². The molecular weight excluding hydrogens is 260 g/mol. The van der Waals surface area contributed by atoms with Crippen LogP contribution in [0.2, 0.25) is 0 Å². The lowest BCUT2D eigenvalue weighted by Gasteiger charge is -2.23. The van der Waals surface area contributed by atoms with E-state index < -0.39 is 11.6 Å². The number of nitrogens with zero attached hydrogens (tertiary/aromatic N) is 1. The molecule has 0 radical (unpaired) electrons. The van der Waals surface area contributed by atoms with Crippen molar-refractivity contribution in [3.8, 4) is 0 Å². The minimum absolute atomic E-state index is 0.132. The third kappa shape index (κ3) is 3.27. The van der Waals surface area contributed by atoms with Gasteiger partial charge in [0.15, 0.2) is 0 Å². The second-order valence-corrected chi connectivity index (χ2v) is 5.10. The second-order valence-electron chi connectivity index (χ2n) is 5.10. The lowest BCUT2D eigenvalue weighted by atomic mass is 9.93. The van der Waals surface area contributed by atoms with Crippen LogP contribution < -0.4 is 16.0 Å². The van der Waals surface area contributed by atoms with Crippen LogP contribution in [0.4, 0.5) is 4.79 Å². The van der Waals surface area contributed by atoms with Gasteiger partial charge in [-0.1, -0.05) is 13.8 Å². The number of hydrogen-bond donors (Lipinski definition) is 3. The number of nitrogens with one attached hydrogen (secondary N) is 3. The predicted molar refractivity (Wildman–Crippen MR) is 75.1 cm³/mol. The Kier molecular flexibility index (Phi) is 5.50. The van der Waals surface area contributed by atoms with Gasteiger partial charge in [-0.25, -0.2) is 4.79 Å². The zero-order valence-electron chi connectivity index (χ0n) is 12.6. The van der Waals surface area contributed by atoms with E-state index in [4.69, 9.17) is 0 Å². The molecule has 1 heterocycles. The van der Waals surface area contributed by atoms with Gasteiger partial charge in [-0.3, -0.25) is 14.5 Å². The molecule has 114 valence electrons. The number of imide groups is 1. The topological polar surface area (TPSA) is 90.5 Å². The Bertz CT molecular complexity index is 393. The van der Waals surface area contributed by atoms with Crippen molar-refractivity contribution in [1.82, 2.24) is 20.9 Å². The highest BCUT2D eigenvalue weighted by molar-refractivity contribution is 6.08. The molecule has 4 amide bonds. The van der Waals surface area contributed by atoms with E-state index in [0.29, 0.717) is 19.4 Å². The van der Waals surface area contributed by atoms with Crippen LogP contribution in [0.3, 0.4) is 0 Å². The van der Waals surface area contributed by atoms with Gasteiger partial charge in [0.1, 0.15) is 12.1 Å². The Labute approximate surface area is 119 Å². The Morgan fingerprint density at radius 3 is 2.40 bits per heavy atom. The molecule has 0 aromatic heterocycles. The van der Waals surface area contributed by atoms with Gasteiger partial charge in [0.05, 0.1) is 0 Å². The standard InChI is InChI=1S/C13H24N4O3/c1-5-13(6-2)11(19)17(12(20)16-13)8-10(18)15-7-9(3)14-4/h9,14H,5-8H2,1-4H3,(H,15,18)(H,16,20). The second kappa shape index (κ2) is 6.69. The molecule has 0 aromatic rings. The van der Waals surface area contributed by atoms with Crippen LogP contribution in [-0.2, 0) is 9.59 Å². The quantitative estimate of drug-likeness (QED) is 0.566. The zero-order chi connectivity index (χ0) is 15.3. The van der Waals surface area contributed by atoms with E-state index >= 15 is 0 Å². The highest BCUT2D eigenvalue weighted by atomic mass is 16.2. The first-order chi connectivity index (χ1) is 9.40. The van der Waals surface area contributed by atoms with Crippen molar-refractivity contribution in [2.24, 2.45) is 0 Å². The van der Waals surface area contributed by atoms with E-state index in [1.807, 2.05) is 20.8 Å². The largest absolute Gasteiger partial charge is 0.353 e. The number of hydrogen-bond acceptors (Lipinski definition) is 4.